The molecule has 210 valence electrons. The number of aliphatic carboxylic acids is 3. The Balaban J connectivity index is 0.000000276. The van der Waals surface area contributed by atoms with E-state index in [1.807, 2.05) is 13.0 Å². The Morgan fingerprint density at radius 3 is 2.36 bits per heavy atom. The third kappa shape index (κ3) is 6.83. The van der Waals surface area contributed by atoms with Crippen molar-refractivity contribution in [2.75, 3.05) is 13.1 Å². The van der Waals surface area contributed by atoms with Crippen molar-refractivity contribution < 1.29 is 43.6 Å². The number of nitrogens with zero attached hydrogens (tertiary/aromatic N) is 3. The zero-order valence-corrected chi connectivity index (χ0v) is 21.1. The van der Waals surface area contributed by atoms with Crippen LogP contribution in [0.3, 0.4) is 0 Å². The highest BCUT2D eigenvalue weighted by molar-refractivity contribution is 5.88. The highest BCUT2D eigenvalue weighted by Gasteiger charge is 2.40. The van der Waals surface area contributed by atoms with E-state index in [2.05, 4.69) is 15.0 Å². The fourth-order valence-corrected chi connectivity index (χ4v) is 4.30. The van der Waals surface area contributed by atoms with E-state index < -0.39 is 48.0 Å². The summed E-state index contributed by atoms with van der Waals surface area (Å²) in [6.45, 7) is 5.47. The van der Waals surface area contributed by atoms with Gasteiger partial charge < -0.3 is 20.4 Å². The van der Waals surface area contributed by atoms with Gasteiger partial charge in [0.2, 0.25) is 0 Å². The number of aromatic nitrogens is 3. The molecule has 12 nitrogen and oxygen atoms in total. The largest absolute Gasteiger partial charge is 0.481 e. The van der Waals surface area contributed by atoms with E-state index in [4.69, 9.17) is 20.4 Å². The number of carbonyl (C=O) groups is 3. The third-order valence-electron chi connectivity index (χ3n) is 6.53. The number of hydrogen-bond donors (Lipinski definition) is 5. The minimum absolute atomic E-state index is 0.0876. The van der Waals surface area contributed by atoms with Crippen molar-refractivity contribution in [3.8, 4) is 0 Å². The number of halogens is 2. The van der Waals surface area contributed by atoms with Crippen LogP contribution in [-0.2, 0) is 20.9 Å². The maximum absolute atomic E-state index is 13.9. The lowest BCUT2D eigenvalue weighted by Crippen LogP contribution is -2.42. The molecule has 0 amide bonds. The van der Waals surface area contributed by atoms with Crippen molar-refractivity contribution in [2.24, 2.45) is 0 Å². The normalized spacial score (nSPS) is 15.7. The smallest absolute Gasteiger partial charge is 0.336 e. The van der Waals surface area contributed by atoms with E-state index in [0.29, 0.717) is 23.3 Å². The standard InChI is InChI=1S/C19H20F2N4O.C6H8O7/c1-11-12(2)22-17-8-16(23-25(17)19(11)26)13-6-7-24(9-13)10-14-4-3-5-15(20)18(14)21;7-3(8)1-6(13,5(11)12)2-4(9)10/h3-5,8,13,23H,6-7,9-10H2,1-2H3;13H,1-2H2,(H,7,8)(H,9,10)(H,11,12). The number of nitrogens with one attached hydrogen (secondary N) is 1. The predicted molar refractivity (Wildman–Crippen MR) is 131 cm³/mol. The van der Waals surface area contributed by atoms with Crippen LogP contribution in [0.4, 0.5) is 8.78 Å². The Kier molecular flexibility index (Phi) is 8.81. The van der Waals surface area contributed by atoms with Gasteiger partial charge in [-0.1, -0.05) is 12.1 Å². The number of hydrogen-bond acceptors (Lipinski definition) is 7. The summed E-state index contributed by atoms with van der Waals surface area (Å²) in [6, 6.07) is 6.18. The summed E-state index contributed by atoms with van der Waals surface area (Å²) in [7, 11) is 0. The van der Waals surface area contributed by atoms with Gasteiger partial charge in [0.05, 0.1) is 12.8 Å². The first-order valence-corrected chi connectivity index (χ1v) is 11.8. The molecule has 0 spiro atoms. The molecule has 1 aromatic carbocycles. The van der Waals surface area contributed by atoms with Gasteiger partial charge in [0.15, 0.2) is 22.9 Å². The highest BCUT2D eigenvalue weighted by atomic mass is 19.2. The van der Waals surface area contributed by atoms with E-state index in [1.54, 1.807) is 13.0 Å². The minimum atomic E-state index is -2.74. The number of rotatable bonds is 8. The molecule has 1 saturated heterocycles. The molecule has 1 aliphatic heterocycles. The molecule has 0 aliphatic carbocycles. The summed E-state index contributed by atoms with van der Waals surface area (Å²) in [4.78, 5) is 49.4. The zero-order valence-electron chi connectivity index (χ0n) is 21.1. The average Bonchev–Trinajstić information content (AvgIpc) is 3.47. The van der Waals surface area contributed by atoms with Crippen LogP contribution in [0.2, 0.25) is 0 Å². The SMILES string of the molecule is Cc1nc2cc(C3CCN(Cc4cccc(F)c4F)C3)[nH]n2c(=O)c1C.O=C(O)CC(O)(CC(=O)O)C(=O)O. The van der Waals surface area contributed by atoms with Crippen molar-refractivity contribution in [2.45, 2.75) is 51.2 Å². The van der Waals surface area contributed by atoms with Crippen molar-refractivity contribution in [3.63, 3.8) is 0 Å². The number of carboxylic acid groups (broad SMARTS) is 3. The quantitative estimate of drug-likeness (QED) is 0.276. The summed E-state index contributed by atoms with van der Waals surface area (Å²) in [5.41, 5.74) is 0.463. The molecule has 1 atom stereocenters. The summed E-state index contributed by atoms with van der Waals surface area (Å²) in [6.07, 6.45) is -1.40. The topological polar surface area (TPSA) is 186 Å². The molecule has 4 rings (SSSR count). The first-order chi connectivity index (χ1) is 18.2. The number of aromatic amines is 1. The van der Waals surface area contributed by atoms with Crippen molar-refractivity contribution in [1.29, 1.82) is 0 Å². The number of aliphatic hydroxyl groups is 1. The highest BCUT2D eigenvalue weighted by Crippen LogP contribution is 2.28. The van der Waals surface area contributed by atoms with Crippen molar-refractivity contribution in [3.05, 3.63) is 68.8 Å². The molecule has 1 aliphatic rings. The van der Waals surface area contributed by atoms with Crippen LogP contribution >= 0.6 is 0 Å². The Bertz CT molecular complexity index is 1450. The fraction of sp³-hybridized carbons (Fsp3) is 0.400. The van der Waals surface area contributed by atoms with Gasteiger partial charge in [-0.2, -0.15) is 0 Å². The summed E-state index contributed by atoms with van der Waals surface area (Å²) >= 11 is 0. The van der Waals surface area contributed by atoms with Crippen LogP contribution in [-0.4, -0.2) is 76.5 Å². The lowest BCUT2D eigenvalue weighted by Gasteiger charge is -2.18. The second kappa shape index (κ2) is 11.7. The number of likely N-dealkylation sites (tertiary alicyclic amines) is 1. The molecule has 2 aromatic heterocycles. The first kappa shape index (κ1) is 29.4. The first-order valence-electron chi connectivity index (χ1n) is 11.8. The predicted octanol–water partition coefficient (Wildman–Crippen LogP) is 1.66. The van der Waals surface area contributed by atoms with Gasteiger partial charge in [0.25, 0.3) is 5.56 Å². The monoisotopic (exact) mass is 550 g/mol. The van der Waals surface area contributed by atoms with Gasteiger partial charge in [0, 0.05) is 47.6 Å². The van der Waals surface area contributed by atoms with Gasteiger partial charge in [-0.25, -0.2) is 23.1 Å². The van der Waals surface area contributed by atoms with Gasteiger partial charge in [-0.15, -0.1) is 0 Å². The Hall–Kier alpha value is -4.17. The molecule has 0 bridgehead atoms. The molecule has 0 saturated carbocycles. The van der Waals surface area contributed by atoms with Crippen LogP contribution in [0.1, 0.15) is 47.7 Å². The van der Waals surface area contributed by atoms with Gasteiger partial charge in [-0.3, -0.25) is 24.4 Å². The second-order valence-corrected chi connectivity index (χ2v) is 9.44. The van der Waals surface area contributed by atoms with Crippen LogP contribution in [0, 0.1) is 25.5 Å². The van der Waals surface area contributed by atoms with E-state index in [-0.39, 0.29) is 11.5 Å². The molecule has 3 aromatic rings. The third-order valence-corrected chi connectivity index (χ3v) is 6.53. The summed E-state index contributed by atoms with van der Waals surface area (Å²) in [5, 5.41) is 37.0. The molecule has 1 fully saturated rings. The van der Waals surface area contributed by atoms with Gasteiger partial charge >= 0.3 is 17.9 Å². The molecular weight excluding hydrogens is 522 g/mol. The summed E-state index contributed by atoms with van der Waals surface area (Å²) in [5.74, 6) is -6.41. The molecule has 3 heterocycles. The molecule has 0 radical (unpaired) electrons. The molecule has 14 heteroatoms. The maximum atomic E-state index is 13.9. The van der Waals surface area contributed by atoms with E-state index >= 15 is 0 Å². The number of aryl methyl sites for hydroxylation is 1. The van der Waals surface area contributed by atoms with Crippen LogP contribution in [0.25, 0.3) is 5.65 Å². The lowest BCUT2D eigenvalue weighted by molar-refractivity contribution is -0.170. The molecule has 39 heavy (non-hydrogen) atoms. The Morgan fingerprint density at radius 1 is 1.13 bits per heavy atom. The van der Waals surface area contributed by atoms with Gasteiger partial charge in [0.1, 0.15) is 0 Å². The van der Waals surface area contributed by atoms with Crippen LogP contribution < -0.4 is 5.56 Å². The number of benzene rings is 1. The number of carboxylic acids is 3. The second-order valence-electron chi connectivity index (χ2n) is 9.44. The molecular formula is C25H28F2N4O8. The zero-order chi connectivity index (χ0) is 29.1. The average molecular weight is 551 g/mol. The summed E-state index contributed by atoms with van der Waals surface area (Å²) < 4.78 is 28.7. The van der Waals surface area contributed by atoms with E-state index in [9.17, 15) is 28.0 Å². The van der Waals surface area contributed by atoms with Crippen LogP contribution in [0.15, 0.2) is 29.1 Å². The van der Waals surface area contributed by atoms with Crippen LogP contribution in [0.5, 0.6) is 0 Å². The number of fused-ring (bicyclic) bond motifs is 1. The Labute approximate surface area is 220 Å². The van der Waals surface area contributed by atoms with Crippen molar-refractivity contribution >= 4 is 23.6 Å². The maximum Gasteiger partial charge on any atom is 0.336 e. The Morgan fingerprint density at radius 2 is 1.77 bits per heavy atom. The number of H-pyrrole nitrogens is 1. The van der Waals surface area contributed by atoms with E-state index in [0.717, 1.165) is 37.0 Å². The fourth-order valence-electron chi connectivity index (χ4n) is 4.30. The van der Waals surface area contributed by atoms with Crippen molar-refractivity contribution in [1.82, 2.24) is 19.5 Å². The van der Waals surface area contributed by atoms with E-state index in [1.165, 1.54) is 10.6 Å². The van der Waals surface area contributed by atoms with Gasteiger partial charge in [-0.05, 0) is 32.9 Å². The minimum Gasteiger partial charge on any atom is -0.481 e. The molecule has 1 unspecified atom stereocenters. The lowest BCUT2D eigenvalue weighted by atomic mass is 9.96. The molecule has 5 N–H and O–H groups in total.